The van der Waals surface area contributed by atoms with Gasteiger partial charge in [0.25, 0.3) is 0 Å². The summed E-state index contributed by atoms with van der Waals surface area (Å²) in [6, 6.07) is 16.3. The maximum atomic E-state index is 13.1. The van der Waals surface area contributed by atoms with E-state index >= 15 is 0 Å². The third-order valence-corrected chi connectivity index (χ3v) is 7.49. The minimum absolute atomic E-state index is 0.0141. The average Bonchev–Trinajstić information content (AvgIpc) is 3.45. The fraction of sp³-hybridized carbons (Fsp3) is 0.217. The van der Waals surface area contributed by atoms with Gasteiger partial charge in [0.2, 0.25) is 5.91 Å². The number of furan rings is 1. The quantitative estimate of drug-likeness (QED) is 0.197. The zero-order valence-electron chi connectivity index (χ0n) is 16.9. The molecule has 0 aliphatic carbocycles. The van der Waals surface area contributed by atoms with Crippen molar-refractivity contribution in [3.05, 3.63) is 72.4 Å². The van der Waals surface area contributed by atoms with Gasteiger partial charge in [0.05, 0.1) is 23.0 Å². The van der Waals surface area contributed by atoms with Gasteiger partial charge in [-0.15, -0.1) is 23.5 Å². The lowest BCUT2D eigenvalue weighted by Gasteiger charge is -2.18. The summed E-state index contributed by atoms with van der Waals surface area (Å²) in [4.78, 5) is 21.7. The number of aromatic nitrogens is 1. The second kappa shape index (κ2) is 10.3. The van der Waals surface area contributed by atoms with Crippen LogP contribution in [0.5, 0.6) is 0 Å². The number of nitrogens with zero attached hydrogens (tertiary/aromatic N) is 2. The van der Waals surface area contributed by atoms with Crippen LogP contribution < -0.4 is 4.90 Å². The van der Waals surface area contributed by atoms with E-state index in [1.54, 1.807) is 46.8 Å². The van der Waals surface area contributed by atoms with Gasteiger partial charge in [-0.3, -0.25) is 9.69 Å². The third-order valence-electron chi connectivity index (χ3n) is 4.63. The summed E-state index contributed by atoms with van der Waals surface area (Å²) in [6.45, 7) is 0.353. The predicted molar refractivity (Wildman–Crippen MR) is 128 cm³/mol. The molecule has 0 saturated carbocycles. The molecule has 2 aromatic carbocycles. The maximum absolute atomic E-state index is 13.1. The van der Waals surface area contributed by atoms with Crippen LogP contribution in [0.4, 0.5) is 9.52 Å². The van der Waals surface area contributed by atoms with E-state index in [0.29, 0.717) is 18.1 Å². The van der Waals surface area contributed by atoms with Crippen molar-refractivity contribution in [2.75, 3.05) is 16.9 Å². The molecule has 0 aliphatic rings. The third kappa shape index (κ3) is 5.70. The Morgan fingerprint density at radius 1 is 1.16 bits per heavy atom. The second-order valence-corrected chi connectivity index (χ2v) is 9.85. The molecule has 160 valence electrons. The molecular weight excluding hydrogens is 451 g/mol. The Balaban J connectivity index is 1.45. The largest absolute Gasteiger partial charge is 0.467 e. The van der Waals surface area contributed by atoms with E-state index in [9.17, 15) is 9.18 Å². The second-order valence-electron chi connectivity index (χ2n) is 6.80. The highest BCUT2D eigenvalue weighted by Gasteiger charge is 2.21. The fourth-order valence-corrected chi connectivity index (χ4v) is 5.42. The van der Waals surface area contributed by atoms with Crippen LogP contribution in [0.3, 0.4) is 0 Å². The number of hydrogen-bond donors (Lipinski definition) is 0. The molecule has 4 nitrogen and oxygen atoms in total. The Kier molecular flexibility index (Phi) is 7.32. The van der Waals surface area contributed by atoms with Crippen LogP contribution in [-0.2, 0) is 11.3 Å². The monoisotopic (exact) mass is 472 g/mol. The van der Waals surface area contributed by atoms with Crippen LogP contribution in [0.15, 0.2) is 75.1 Å². The number of halogens is 1. The Morgan fingerprint density at radius 3 is 2.71 bits per heavy atom. The number of benzene rings is 2. The molecule has 0 saturated heterocycles. The molecule has 2 heterocycles. The zero-order valence-corrected chi connectivity index (χ0v) is 19.4. The summed E-state index contributed by atoms with van der Waals surface area (Å²) in [5.74, 6) is 1.27. The van der Waals surface area contributed by atoms with E-state index in [2.05, 4.69) is 6.07 Å². The van der Waals surface area contributed by atoms with Crippen LogP contribution in [-0.4, -0.2) is 22.9 Å². The zero-order chi connectivity index (χ0) is 21.6. The summed E-state index contributed by atoms with van der Waals surface area (Å²) in [7, 11) is 0. The standard InChI is InChI=1S/C23H21FN2O2S3/c1-29-19-10-11-20-21(14-19)31-23(25-20)26(15-17-4-2-12-28-17)22(27)5-3-13-30-18-8-6-16(24)7-9-18/h2,4,6-12,14H,3,5,13,15H2,1H3. The first-order valence-electron chi connectivity index (χ1n) is 9.78. The molecule has 2 aromatic heterocycles. The van der Waals surface area contributed by atoms with Crippen molar-refractivity contribution in [1.82, 2.24) is 4.98 Å². The van der Waals surface area contributed by atoms with Crippen molar-refractivity contribution in [3.8, 4) is 0 Å². The van der Waals surface area contributed by atoms with Gasteiger partial charge < -0.3 is 4.42 Å². The number of carbonyl (C=O) groups excluding carboxylic acids is 1. The number of amides is 1. The number of fused-ring (bicyclic) bond motifs is 1. The molecule has 0 unspecified atom stereocenters. The minimum Gasteiger partial charge on any atom is -0.467 e. The highest BCUT2D eigenvalue weighted by molar-refractivity contribution is 7.99. The lowest BCUT2D eigenvalue weighted by atomic mass is 10.3. The molecular formula is C23H21FN2O2S3. The van der Waals surface area contributed by atoms with Crippen molar-refractivity contribution >= 4 is 56.1 Å². The molecule has 0 bridgehead atoms. The molecule has 0 fully saturated rings. The van der Waals surface area contributed by atoms with Gasteiger partial charge in [0, 0.05) is 16.2 Å². The fourth-order valence-electron chi connectivity index (χ4n) is 3.04. The molecule has 0 N–H and O–H groups in total. The Labute approximate surface area is 192 Å². The number of thioether (sulfide) groups is 2. The molecule has 0 aliphatic heterocycles. The van der Waals surface area contributed by atoms with Crippen molar-refractivity contribution < 1.29 is 13.6 Å². The topological polar surface area (TPSA) is 46.3 Å². The molecule has 4 rings (SSSR count). The van der Waals surface area contributed by atoms with Crippen LogP contribution in [0.25, 0.3) is 10.2 Å². The highest BCUT2D eigenvalue weighted by atomic mass is 32.2. The lowest BCUT2D eigenvalue weighted by Crippen LogP contribution is -2.30. The predicted octanol–water partition coefficient (Wildman–Crippen LogP) is 6.86. The molecule has 31 heavy (non-hydrogen) atoms. The van der Waals surface area contributed by atoms with Gasteiger partial charge in [-0.25, -0.2) is 9.37 Å². The van der Waals surface area contributed by atoms with Gasteiger partial charge in [0.1, 0.15) is 11.6 Å². The van der Waals surface area contributed by atoms with Gasteiger partial charge in [-0.2, -0.15) is 0 Å². The molecule has 0 spiro atoms. The smallest absolute Gasteiger partial charge is 0.229 e. The number of thiazole rings is 1. The number of carbonyl (C=O) groups is 1. The molecule has 8 heteroatoms. The van der Waals surface area contributed by atoms with E-state index in [-0.39, 0.29) is 11.7 Å². The van der Waals surface area contributed by atoms with Crippen LogP contribution in [0.2, 0.25) is 0 Å². The summed E-state index contributed by atoms with van der Waals surface area (Å²) in [5.41, 5.74) is 0.891. The van der Waals surface area contributed by atoms with E-state index in [1.807, 2.05) is 30.5 Å². The van der Waals surface area contributed by atoms with E-state index < -0.39 is 0 Å². The average molecular weight is 473 g/mol. The maximum Gasteiger partial charge on any atom is 0.229 e. The summed E-state index contributed by atoms with van der Waals surface area (Å²) in [5, 5.41) is 0.681. The Hall–Kier alpha value is -2.29. The van der Waals surface area contributed by atoms with Crippen molar-refractivity contribution in [2.24, 2.45) is 0 Å². The van der Waals surface area contributed by atoms with Gasteiger partial charge in [-0.1, -0.05) is 11.3 Å². The lowest BCUT2D eigenvalue weighted by molar-refractivity contribution is -0.118. The van der Waals surface area contributed by atoms with Gasteiger partial charge in [0.15, 0.2) is 5.13 Å². The summed E-state index contributed by atoms with van der Waals surface area (Å²) >= 11 is 4.83. The summed E-state index contributed by atoms with van der Waals surface area (Å²) in [6.07, 6.45) is 4.78. The molecule has 0 radical (unpaired) electrons. The number of rotatable bonds is 9. The van der Waals surface area contributed by atoms with E-state index in [4.69, 9.17) is 9.40 Å². The van der Waals surface area contributed by atoms with Gasteiger partial charge in [-0.05, 0) is 73.0 Å². The first-order chi connectivity index (χ1) is 15.1. The summed E-state index contributed by atoms with van der Waals surface area (Å²) < 4.78 is 19.6. The molecule has 0 atom stereocenters. The molecule has 1 amide bonds. The van der Waals surface area contributed by atoms with Crippen LogP contribution in [0.1, 0.15) is 18.6 Å². The normalized spacial score (nSPS) is 11.2. The Morgan fingerprint density at radius 2 is 1.97 bits per heavy atom. The Bertz CT molecular complexity index is 1140. The minimum atomic E-state index is -0.242. The van der Waals surface area contributed by atoms with Gasteiger partial charge >= 0.3 is 0 Å². The number of anilines is 1. The van der Waals surface area contributed by atoms with Crippen LogP contribution >= 0.6 is 34.9 Å². The molecule has 4 aromatic rings. The SMILES string of the molecule is CSc1ccc2nc(N(Cc3ccco3)C(=O)CCCSc3ccc(F)cc3)sc2c1. The highest BCUT2D eigenvalue weighted by Crippen LogP contribution is 2.33. The number of hydrogen-bond acceptors (Lipinski definition) is 6. The van der Waals surface area contributed by atoms with Crippen LogP contribution in [0, 0.1) is 5.82 Å². The van der Waals surface area contributed by atoms with Crippen molar-refractivity contribution in [2.45, 2.75) is 29.2 Å². The van der Waals surface area contributed by atoms with Crippen molar-refractivity contribution in [3.63, 3.8) is 0 Å². The van der Waals surface area contributed by atoms with Crippen molar-refractivity contribution in [1.29, 1.82) is 0 Å². The first kappa shape index (κ1) is 21.9. The first-order valence-corrected chi connectivity index (χ1v) is 12.8. The van der Waals surface area contributed by atoms with E-state index in [1.165, 1.54) is 28.4 Å². The van der Waals surface area contributed by atoms with E-state index in [0.717, 1.165) is 33.0 Å².